The van der Waals surface area contributed by atoms with Gasteiger partial charge in [0.25, 0.3) is 5.56 Å². The molecule has 1 amide bonds. The van der Waals surface area contributed by atoms with Crippen molar-refractivity contribution in [1.82, 2.24) is 14.5 Å². The molecule has 140 valence electrons. The number of rotatable bonds is 6. The van der Waals surface area contributed by atoms with E-state index >= 15 is 0 Å². The Morgan fingerprint density at radius 2 is 2.00 bits per heavy atom. The molecular weight excluding hydrogens is 350 g/mol. The summed E-state index contributed by atoms with van der Waals surface area (Å²) in [5.74, 6) is 0.837. The summed E-state index contributed by atoms with van der Waals surface area (Å²) in [7, 11) is 0. The highest BCUT2D eigenvalue weighted by molar-refractivity contribution is 7.99. The Morgan fingerprint density at radius 3 is 2.73 bits per heavy atom. The van der Waals surface area contributed by atoms with Crippen LogP contribution in [-0.4, -0.2) is 52.4 Å². The summed E-state index contributed by atoms with van der Waals surface area (Å²) >= 11 is 1.35. The number of hydrogen-bond donors (Lipinski definition) is 0. The molecule has 1 aromatic heterocycles. The Hall–Kier alpha value is -1.86. The average Bonchev–Trinajstić information content (AvgIpc) is 2.66. The third-order valence-corrected chi connectivity index (χ3v) is 5.41. The molecule has 0 atom stereocenters. The molecule has 6 nitrogen and oxygen atoms in total. The van der Waals surface area contributed by atoms with E-state index in [1.54, 1.807) is 4.57 Å². The topological polar surface area (TPSA) is 64.4 Å². The fourth-order valence-electron chi connectivity index (χ4n) is 2.87. The lowest BCUT2D eigenvalue weighted by Crippen LogP contribution is -2.41. The molecule has 1 fully saturated rings. The van der Waals surface area contributed by atoms with E-state index in [0.29, 0.717) is 54.8 Å². The van der Waals surface area contributed by atoms with Gasteiger partial charge in [0.15, 0.2) is 5.16 Å². The zero-order valence-electron chi connectivity index (χ0n) is 15.3. The maximum atomic E-state index is 12.9. The number of ether oxygens (including phenoxy) is 1. The van der Waals surface area contributed by atoms with Gasteiger partial charge in [0.05, 0.1) is 29.9 Å². The molecule has 1 aliphatic heterocycles. The van der Waals surface area contributed by atoms with Crippen molar-refractivity contribution in [2.24, 2.45) is 5.92 Å². The second-order valence-electron chi connectivity index (χ2n) is 6.83. The van der Waals surface area contributed by atoms with Crippen molar-refractivity contribution in [1.29, 1.82) is 0 Å². The first kappa shape index (κ1) is 18.9. The van der Waals surface area contributed by atoms with Crippen LogP contribution in [0.4, 0.5) is 0 Å². The van der Waals surface area contributed by atoms with Crippen LogP contribution in [0.2, 0.25) is 0 Å². The van der Waals surface area contributed by atoms with Crippen LogP contribution in [0.5, 0.6) is 0 Å². The second kappa shape index (κ2) is 8.68. The molecule has 0 radical (unpaired) electrons. The van der Waals surface area contributed by atoms with Crippen molar-refractivity contribution in [3.63, 3.8) is 0 Å². The van der Waals surface area contributed by atoms with Crippen molar-refractivity contribution < 1.29 is 9.53 Å². The van der Waals surface area contributed by atoms with Gasteiger partial charge in [-0.05, 0) is 24.5 Å². The number of hydrogen-bond acceptors (Lipinski definition) is 5. The van der Waals surface area contributed by atoms with E-state index in [4.69, 9.17) is 4.74 Å². The molecular formula is C19H25N3O3S. The van der Waals surface area contributed by atoms with Crippen LogP contribution in [-0.2, 0) is 16.1 Å². The molecule has 1 aliphatic rings. The Kier molecular flexibility index (Phi) is 6.32. The Labute approximate surface area is 157 Å². The zero-order valence-corrected chi connectivity index (χ0v) is 16.1. The highest BCUT2D eigenvalue weighted by Gasteiger charge is 2.19. The van der Waals surface area contributed by atoms with Gasteiger partial charge in [0.1, 0.15) is 0 Å². The predicted molar refractivity (Wildman–Crippen MR) is 104 cm³/mol. The van der Waals surface area contributed by atoms with Gasteiger partial charge in [-0.1, -0.05) is 37.7 Å². The molecule has 1 saturated heterocycles. The van der Waals surface area contributed by atoms with E-state index in [1.807, 2.05) is 29.2 Å². The summed E-state index contributed by atoms with van der Waals surface area (Å²) in [5.41, 5.74) is 0.650. The number of amides is 1. The summed E-state index contributed by atoms with van der Waals surface area (Å²) < 4.78 is 7.01. The van der Waals surface area contributed by atoms with Crippen LogP contribution in [0.3, 0.4) is 0 Å². The SMILES string of the molecule is CC(C)CCn1c(SCC(=O)N2CCOCC2)nc2ccccc2c1=O. The predicted octanol–water partition coefficient (Wildman–Crippen LogP) is 2.39. The monoisotopic (exact) mass is 375 g/mol. The minimum atomic E-state index is -0.0300. The van der Waals surface area contributed by atoms with Crippen LogP contribution in [0.15, 0.2) is 34.2 Å². The van der Waals surface area contributed by atoms with E-state index in [9.17, 15) is 9.59 Å². The molecule has 0 bridgehead atoms. The smallest absolute Gasteiger partial charge is 0.262 e. The lowest BCUT2D eigenvalue weighted by atomic mass is 10.1. The molecule has 0 unspecified atom stereocenters. The molecule has 7 heteroatoms. The first-order valence-electron chi connectivity index (χ1n) is 9.04. The molecule has 2 heterocycles. The minimum absolute atomic E-state index is 0.0300. The third kappa shape index (κ3) is 4.45. The summed E-state index contributed by atoms with van der Waals surface area (Å²) in [5, 5.41) is 1.25. The maximum absolute atomic E-state index is 12.9. The zero-order chi connectivity index (χ0) is 18.5. The van der Waals surface area contributed by atoms with Crippen molar-refractivity contribution in [2.75, 3.05) is 32.1 Å². The Morgan fingerprint density at radius 1 is 1.27 bits per heavy atom. The van der Waals surface area contributed by atoms with Crippen LogP contribution in [0, 0.1) is 5.92 Å². The average molecular weight is 375 g/mol. The fraction of sp³-hybridized carbons (Fsp3) is 0.526. The highest BCUT2D eigenvalue weighted by Crippen LogP contribution is 2.19. The van der Waals surface area contributed by atoms with Crippen molar-refractivity contribution >= 4 is 28.6 Å². The summed E-state index contributed by atoms with van der Waals surface area (Å²) in [6.45, 7) is 7.31. The molecule has 2 aromatic rings. The summed E-state index contributed by atoms with van der Waals surface area (Å²) in [6, 6.07) is 7.38. The number of aromatic nitrogens is 2. The van der Waals surface area contributed by atoms with Crippen LogP contribution < -0.4 is 5.56 Å². The van der Waals surface area contributed by atoms with Crippen molar-refractivity contribution in [3.8, 4) is 0 Å². The van der Waals surface area contributed by atoms with Gasteiger partial charge in [-0.2, -0.15) is 0 Å². The highest BCUT2D eigenvalue weighted by atomic mass is 32.2. The number of carbonyl (C=O) groups excluding carboxylic acids is 1. The van der Waals surface area contributed by atoms with Gasteiger partial charge in [-0.25, -0.2) is 4.98 Å². The fourth-order valence-corrected chi connectivity index (χ4v) is 3.80. The minimum Gasteiger partial charge on any atom is -0.378 e. The summed E-state index contributed by atoms with van der Waals surface area (Å²) in [6.07, 6.45) is 0.894. The van der Waals surface area contributed by atoms with Gasteiger partial charge in [-0.15, -0.1) is 0 Å². The van der Waals surface area contributed by atoms with Gasteiger partial charge < -0.3 is 9.64 Å². The van der Waals surface area contributed by atoms with Crippen LogP contribution >= 0.6 is 11.8 Å². The second-order valence-corrected chi connectivity index (χ2v) is 7.78. The standard InChI is InChI=1S/C19H25N3O3S/c1-14(2)7-8-22-18(24)15-5-3-4-6-16(15)20-19(22)26-13-17(23)21-9-11-25-12-10-21/h3-6,14H,7-13H2,1-2H3. The Balaban J connectivity index is 1.83. The Bertz CT molecular complexity index is 828. The number of para-hydroxylation sites is 1. The van der Waals surface area contributed by atoms with E-state index in [0.717, 1.165) is 6.42 Å². The lowest BCUT2D eigenvalue weighted by molar-refractivity contribution is -0.132. The van der Waals surface area contributed by atoms with Gasteiger partial charge in [0, 0.05) is 19.6 Å². The molecule has 0 N–H and O–H groups in total. The molecule has 26 heavy (non-hydrogen) atoms. The van der Waals surface area contributed by atoms with E-state index < -0.39 is 0 Å². The van der Waals surface area contributed by atoms with E-state index in [2.05, 4.69) is 18.8 Å². The maximum Gasteiger partial charge on any atom is 0.262 e. The lowest BCUT2D eigenvalue weighted by Gasteiger charge is -2.26. The number of morpholine rings is 1. The molecule has 3 rings (SSSR count). The van der Waals surface area contributed by atoms with Gasteiger partial charge in [-0.3, -0.25) is 14.2 Å². The molecule has 0 spiro atoms. The number of thioether (sulfide) groups is 1. The number of nitrogens with zero attached hydrogens (tertiary/aromatic N) is 3. The number of carbonyl (C=O) groups is 1. The van der Waals surface area contributed by atoms with E-state index in [1.165, 1.54) is 11.8 Å². The summed E-state index contributed by atoms with van der Waals surface area (Å²) in [4.78, 5) is 31.8. The molecule has 0 aliphatic carbocycles. The largest absolute Gasteiger partial charge is 0.378 e. The van der Waals surface area contributed by atoms with Crippen LogP contribution in [0.1, 0.15) is 20.3 Å². The van der Waals surface area contributed by atoms with E-state index in [-0.39, 0.29) is 17.2 Å². The normalized spacial score (nSPS) is 15.0. The first-order valence-corrected chi connectivity index (χ1v) is 10.0. The first-order chi connectivity index (χ1) is 12.6. The van der Waals surface area contributed by atoms with Gasteiger partial charge >= 0.3 is 0 Å². The number of benzene rings is 1. The van der Waals surface area contributed by atoms with Gasteiger partial charge in [0.2, 0.25) is 5.91 Å². The molecule has 1 aromatic carbocycles. The number of fused-ring (bicyclic) bond motifs is 1. The van der Waals surface area contributed by atoms with Crippen LogP contribution in [0.25, 0.3) is 10.9 Å². The third-order valence-electron chi connectivity index (χ3n) is 4.45. The van der Waals surface area contributed by atoms with Crippen molar-refractivity contribution in [2.45, 2.75) is 32.0 Å². The quantitative estimate of drug-likeness (QED) is 0.573. The van der Waals surface area contributed by atoms with Crippen molar-refractivity contribution in [3.05, 3.63) is 34.6 Å². The molecule has 0 saturated carbocycles.